The molecule has 0 aromatic heterocycles. The van der Waals surface area contributed by atoms with Crippen molar-refractivity contribution in [3.8, 4) is 0 Å². The van der Waals surface area contributed by atoms with Crippen LogP contribution in [-0.4, -0.2) is 5.78 Å². The van der Waals surface area contributed by atoms with E-state index >= 15 is 0 Å². The van der Waals surface area contributed by atoms with E-state index in [2.05, 4.69) is 19.9 Å². The second kappa shape index (κ2) is 3.52. The van der Waals surface area contributed by atoms with E-state index in [1.165, 1.54) is 25.7 Å². The summed E-state index contributed by atoms with van der Waals surface area (Å²) < 4.78 is 0. The number of carbonyl (C=O) groups is 1. The fourth-order valence-corrected chi connectivity index (χ4v) is 2.96. The molecule has 2 unspecified atom stereocenters. The molecule has 78 valence electrons. The Bertz CT molecular complexity index is 277. The lowest BCUT2D eigenvalue weighted by molar-refractivity contribution is -0.128. The molecule has 1 saturated carbocycles. The highest BCUT2D eigenvalue weighted by molar-refractivity contribution is 5.87. The highest BCUT2D eigenvalue weighted by Gasteiger charge is 2.48. The SMILES string of the molecule is CCCCC1=CC2C(=O)CCCC12C. The number of unbranched alkanes of at least 4 members (excludes halogenated alkanes) is 1. The van der Waals surface area contributed by atoms with Crippen molar-refractivity contribution in [1.82, 2.24) is 0 Å². The van der Waals surface area contributed by atoms with E-state index in [0.717, 1.165) is 12.8 Å². The summed E-state index contributed by atoms with van der Waals surface area (Å²) in [5.41, 5.74) is 1.84. The van der Waals surface area contributed by atoms with Crippen LogP contribution in [0.3, 0.4) is 0 Å². The molecule has 0 aromatic rings. The maximum absolute atomic E-state index is 11.6. The predicted octanol–water partition coefficient (Wildman–Crippen LogP) is 3.49. The van der Waals surface area contributed by atoms with Gasteiger partial charge in [-0.15, -0.1) is 0 Å². The van der Waals surface area contributed by atoms with Crippen LogP contribution in [-0.2, 0) is 4.79 Å². The van der Waals surface area contributed by atoms with E-state index in [1.54, 1.807) is 5.57 Å². The molecule has 1 fully saturated rings. The van der Waals surface area contributed by atoms with Gasteiger partial charge >= 0.3 is 0 Å². The van der Waals surface area contributed by atoms with Gasteiger partial charge in [0, 0.05) is 17.8 Å². The number of carbonyl (C=O) groups excluding carboxylic acids is 1. The number of hydrogen-bond acceptors (Lipinski definition) is 1. The Balaban J connectivity index is 2.08. The number of allylic oxidation sites excluding steroid dienone is 2. The lowest BCUT2D eigenvalue weighted by Gasteiger charge is -2.49. The standard InChI is InChI=1S/C13H20O/c1-3-4-6-10-9-11-12(14)7-5-8-13(10,11)2/h9,11H,3-8H2,1-2H3. The fraction of sp³-hybridized carbons (Fsp3) is 0.769. The molecule has 0 heterocycles. The molecule has 1 nitrogen and oxygen atoms in total. The van der Waals surface area contributed by atoms with Crippen LogP contribution in [0.5, 0.6) is 0 Å². The molecule has 0 saturated heterocycles. The van der Waals surface area contributed by atoms with Gasteiger partial charge in [-0.2, -0.15) is 0 Å². The van der Waals surface area contributed by atoms with Crippen molar-refractivity contribution in [3.63, 3.8) is 0 Å². The van der Waals surface area contributed by atoms with Crippen LogP contribution >= 0.6 is 0 Å². The van der Waals surface area contributed by atoms with E-state index in [9.17, 15) is 4.79 Å². The molecule has 0 radical (unpaired) electrons. The van der Waals surface area contributed by atoms with Crippen LogP contribution in [0.2, 0.25) is 0 Å². The third-order valence-corrected chi connectivity index (χ3v) is 4.05. The molecule has 0 aliphatic heterocycles. The second-order valence-electron chi connectivity index (χ2n) is 5.01. The van der Waals surface area contributed by atoms with Gasteiger partial charge in [0.15, 0.2) is 0 Å². The molecular weight excluding hydrogens is 172 g/mol. The molecule has 2 rings (SSSR count). The van der Waals surface area contributed by atoms with Gasteiger partial charge in [0.1, 0.15) is 5.78 Å². The van der Waals surface area contributed by atoms with Crippen LogP contribution in [0.4, 0.5) is 0 Å². The maximum atomic E-state index is 11.6. The van der Waals surface area contributed by atoms with Crippen LogP contribution in [0.15, 0.2) is 11.6 Å². The largest absolute Gasteiger partial charge is 0.299 e. The summed E-state index contributed by atoms with van der Waals surface area (Å²) in [5.74, 6) is 0.766. The van der Waals surface area contributed by atoms with E-state index in [0.29, 0.717) is 5.78 Å². The summed E-state index contributed by atoms with van der Waals surface area (Å²) >= 11 is 0. The van der Waals surface area contributed by atoms with Crippen LogP contribution < -0.4 is 0 Å². The summed E-state index contributed by atoms with van der Waals surface area (Å²) in [4.78, 5) is 11.6. The molecule has 0 spiro atoms. The van der Waals surface area contributed by atoms with Crippen LogP contribution in [0, 0.1) is 11.3 Å². The smallest absolute Gasteiger partial charge is 0.140 e. The first-order chi connectivity index (χ1) is 6.68. The van der Waals surface area contributed by atoms with Crippen molar-refractivity contribution in [1.29, 1.82) is 0 Å². The van der Waals surface area contributed by atoms with Crippen molar-refractivity contribution < 1.29 is 4.79 Å². The fourth-order valence-electron chi connectivity index (χ4n) is 2.96. The minimum absolute atomic E-state index is 0.268. The minimum Gasteiger partial charge on any atom is -0.299 e. The highest BCUT2D eigenvalue weighted by atomic mass is 16.1. The summed E-state index contributed by atoms with van der Waals surface area (Å²) in [5, 5.41) is 0. The topological polar surface area (TPSA) is 17.1 Å². The third-order valence-electron chi connectivity index (χ3n) is 4.05. The van der Waals surface area contributed by atoms with Gasteiger partial charge in [-0.05, 0) is 25.7 Å². The molecule has 2 aliphatic carbocycles. The van der Waals surface area contributed by atoms with Crippen LogP contribution in [0.1, 0.15) is 52.4 Å². The normalized spacial score (nSPS) is 36.0. The zero-order valence-electron chi connectivity index (χ0n) is 9.31. The van der Waals surface area contributed by atoms with Gasteiger partial charge in [-0.3, -0.25) is 4.79 Å². The van der Waals surface area contributed by atoms with Crippen molar-refractivity contribution >= 4 is 5.78 Å². The van der Waals surface area contributed by atoms with E-state index in [1.807, 2.05) is 0 Å². The Labute approximate surface area is 86.6 Å². The number of rotatable bonds is 3. The average Bonchev–Trinajstić information content (AvgIpc) is 2.14. The number of Topliss-reactive ketones (excluding diaryl/α,β-unsaturated/α-hetero) is 1. The Morgan fingerprint density at radius 3 is 3.07 bits per heavy atom. The molecule has 0 amide bonds. The van der Waals surface area contributed by atoms with E-state index in [4.69, 9.17) is 0 Å². The lowest BCUT2D eigenvalue weighted by Crippen LogP contribution is -2.44. The molecule has 0 bridgehead atoms. The van der Waals surface area contributed by atoms with Gasteiger partial charge in [-0.25, -0.2) is 0 Å². The van der Waals surface area contributed by atoms with Gasteiger partial charge in [0.25, 0.3) is 0 Å². The van der Waals surface area contributed by atoms with Gasteiger partial charge in [-0.1, -0.05) is 31.9 Å². The maximum Gasteiger partial charge on any atom is 0.140 e. The molecular formula is C13H20O. The monoisotopic (exact) mass is 192 g/mol. The lowest BCUT2D eigenvalue weighted by atomic mass is 9.54. The number of fused-ring (bicyclic) bond motifs is 1. The van der Waals surface area contributed by atoms with Crippen LogP contribution in [0.25, 0.3) is 0 Å². The first kappa shape index (κ1) is 9.95. The third kappa shape index (κ3) is 1.34. The first-order valence-corrected chi connectivity index (χ1v) is 5.92. The highest BCUT2D eigenvalue weighted by Crippen LogP contribution is 2.54. The Morgan fingerprint density at radius 2 is 2.36 bits per heavy atom. The van der Waals surface area contributed by atoms with Gasteiger partial charge in [0.05, 0.1) is 0 Å². The molecule has 0 aromatic carbocycles. The molecule has 0 N–H and O–H groups in total. The average molecular weight is 192 g/mol. The van der Waals surface area contributed by atoms with Gasteiger partial charge in [0.2, 0.25) is 0 Å². The van der Waals surface area contributed by atoms with Gasteiger partial charge < -0.3 is 0 Å². The summed E-state index contributed by atoms with van der Waals surface area (Å²) in [6.07, 6.45) is 9.16. The second-order valence-corrected chi connectivity index (χ2v) is 5.01. The van der Waals surface area contributed by atoms with Crippen molar-refractivity contribution in [2.75, 3.05) is 0 Å². The summed E-state index contributed by atoms with van der Waals surface area (Å²) in [6.45, 7) is 4.52. The predicted molar refractivity (Wildman–Crippen MR) is 58.1 cm³/mol. The first-order valence-electron chi connectivity index (χ1n) is 5.92. The molecule has 2 atom stereocenters. The number of hydrogen-bond donors (Lipinski definition) is 0. The molecule has 1 heteroatoms. The Hall–Kier alpha value is -0.590. The van der Waals surface area contributed by atoms with Crippen molar-refractivity contribution in [3.05, 3.63) is 11.6 Å². The summed E-state index contributed by atoms with van der Waals surface area (Å²) in [7, 11) is 0. The molecule has 14 heavy (non-hydrogen) atoms. The van der Waals surface area contributed by atoms with Crippen molar-refractivity contribution in [2.24, 2.45) is 11.3 Å². The van der Waals surface area contributed by atoms with E-state index in [-0.39, 0.29) is 11.3 Å². The molecule has 2 aliphatic rings. The zero-order chi connectivity index (χ0) is 10.2. The quantitative estimate of drug-likeness (QED) is 0.625. The Morgan fingerprint density at radius 1 is 1.57 bits per heavy atom. The summed E-state index contributed by atoms with van der Waals surface area (Å²) in [6, 6.07) is 0. The zero-order valence-corrected chi connectivity index (χ0v) is 9.31. The minimum atomic E-state index is 0.268. The number of ketones is 1. The van der Waals surface area contributed by atoms with Crippen molar-refractivity contribution in [2.45, 2.75) is 52.4 Å². The van der Waals surface area contributed by atoms with E-state index < -0.39 is 0 Å². The Kier molecular flexibility index (Phi) is 2.50.